The minimum absolute atomic E-state index is 0.0153. The number of carbonyl (C=O) groups is 12. The summed E-state index contributed by atoms with van der Waals surface area (Å²) in [4.78, 5) is 188. The highest BCUT2D eigenvalue weighted by atomic mass is 35.5. The van der Waals surface area contributed by atoms with Gasteiger partial charge in [0.05, 0.1) is 36.6 Å². The topological polar surface area (TPSA) is 270 Å². The van der Waals surface area contributed by atoms with E-state index < -0.39 is 173 Å². The van der Waals surface area contributed by atoms with Gasteiger partial charge in [0.2, 0.25) is 70.9 Å². The molecule has 4 aliphatic rings. The molecule has 1 aliphatic carbocycles. The maximum absolute atomic E-state index is 15.4. The highest BCUT2D eigenvalue weighted by molar-refractivity contribution is 6.31. The summed E-state index contributed by atoms with van der Waals surface area (Å²) in [7, 11) is 9.65. The Morgan fingerprint density at radius 1 is 0.643 bits per heavy atom. The average molecular weight is 1400 g/mol. The summed E-state index contributed by atoms with van der Waals surface area (Å²) >= 11 is 6.13. The molecule has 0 aromatic heterocycles. The number of hydrogen-bond acceptors (Lipinski definition) is 12. The predicted molar refractivity (Wildman–Crippen MR) is 361 cm³/mol. The standard InChI is InChI=1S/C70H102ClF3N12O12/c1-15-45(7)59-66(96)80(10)40-57(89)78(8)41-58(90)82(12)53(37-47-24-22-44(6)23-25-47)64(94)79(9)39-55(87)75-50(29-27-46-26-28-48(49(71)36-46)70(72,73)74)63(93)86-34-20-21-51(86)62(92)77-69(30-16-17-31-69)68(98)84(14)60(43(4)5)67(97)83(13)54(65(95)85-32-18-19-33-85)38-56(88)81(11)52(35-42(2)3)61(91)76-59/h22-26,28,36,42-43,45,50-54,59-60H,15-21,27,29-35,37-41H2,1-14H3,(H,75,87)(H,76,91)(H,77,92)/t45-,50-,51?,52-,53-,54-,59-,60-/m0/s1. The lowest BCUT2D eigenvalue weighted by atomic mass is 9.91. The van der Waals surface area contributed by atoms with Gasteiger partial charge < -0.3 is 60.0 Å². The van der Waals surface area contributed by atoms with Crippen molar-refractivity contribution in [2.24, 2.45) is 17.8 Å². The van der Waals surface area contributed by atoms with Crippen molar-refractivity contribution in [3.63, 3.8) is 0 Å². The molecule has 3 aliphatic heterocycles. The summed E-state index contributed by atoms with van der Waals surface area (Å²) in [5, 5.41) is 8.01. The molecular formula is C70H102ClF3N12O12. The van der Waals surface area contributed by atoms with Crippen molar-refractivity contribution < 1.29 is 70.7 Å². The van der Waals surface area contributed by atoms with Crippen LogP contribution in [-0.2, 0) is 76.6 Å². The van der Waals surface area contributed by atoms with Crippen LogP contribution in [0.15, 0.2) is 42.5 Å². The van der Waals surface area contributed by atoms with Gasteiger partial charge in [-0.15, -0.1) is 0 Å². The van der Waals surface area contributed by atoms with Crippen molar-refractivity contribution in [3.05, 3.63) is 69.7 Å². The second kappa shape index (κ2) is 34.3. The molecule has 0 bridgehead atoms. The molecule has 1 unspecified atom stereocenters. The van der Waals surface area contributed by atoms with E-state index in [1.165, 1.54) is 75.0 Å². The average Bonchev–Trinajstić information content (AvgIpc) is 1.55. The second-order valence-corrected chi connectivity index (χ2v) is 28.5. The maximum atomic E-state index is 15.4. The van der Waals surface area contributed by atoms with Gasteiger partial charge in [-0.1, -0.05) is 108 Å². The summed E-state index contributed by atoms with van der Waals surface area (Å²) in [6.45, 7) is 11.5. The number of aryl methyl sites for hydroxylation is 2. The number of carbonyl (C=O) groups excluding carboxylic acids is 12. The van der Waals surface area contributed by atoms with Crippen LogP contribution in [0.2, 0.25) is 5.02 Å². The van der Waals surface area contributed by atoms with Crippen molar-refractivity contribution >= 4 is 82.5 Å². The fourth-order valence-electron chi connectivity index (χ4n) is 13.6. The quantitative estimate of drug-likeness (QED) is 0.277. The van der Waals surface area contributed by atoms with E-state index in [1.807, 2.05) is 39.8 Å². The molecule has 8 atom stereocenters. The van der Waals surface area contributed by atoms with Crippen LogP contribution in [-0.4, -0.2) is 251 Å². The first-order valence-corrected chi connectivity index (χ1v) is 34.5. The Morgan fingerprint density at radius 3 is 1.82 bits per heavy atom. The SMILES string of the molecule is CC[C@H](C)[C@@H]1NC(=O)[C@H](CC(C)C)N(C)C(=O)C[C@@H](C(=O)N2CCCC2)N(C)C(=O)[C@H](C(C)C)N(C)C(=O)C2(CCCC2)NC(=O)C2CCCN2C(=O)[C@H](CCc2ccc(C(F)(F)F)c(Cl)c2)NC(=O)CN(C)C(=O)[C@H](Cc2ccc(C)cc2)N(C)C(=O)CN(C)C(=O)CN(C)C1=O. The Balaban J connectivity index is 1.42. The Hall–Kier alpha value is -7.84. The van der Waals surface area contributed by atoms with E-state index in [1.54, 1.807) is 37.8 Å². The molecule has 3 saturated heterocycles. The molecule has 2 aromatic rings. The molecule has 28 heteroatoms. The van der Waals surface area contributed by atoms with E-state index in [-0.39, 0.29) is 63.0 Å². The van der Waals surface area contributed by atoms with Gasteiger partial charge >= 0.3 is 6.18 Å². The minimum Gasteiger partial charge on any atom is -0.343 e. The van der Waals surface area contributed by atoms with E-state index in [4.69, 9.17) is 11.6 Å². The van der Waals surface area contributed by atoms with Gasteiger partial charge in [-0.25, -0.2) is 0 Å². The van der Waals surface area contributed by atoms with Crippen LogP contribution >= 0.6 is 11.6 Å². The number of nitrogens with zero attached hydrogens (tertiary/aromatic N) is 9. The monoisotopic (exact) mass is 1390 g/mol. The van der Waals surface area contributed by atoms with Crippen LogP contribution < -0.4 is 16.0 Å². The Labute approximate surface area is 579 Å². The number of halogens is 4. The molecule has 1 spiro atoms. The van der Waals surface area contributed by atoms with E-state index >= 15 is 14.4 Å². The number of likely N-dealkylation sites (tertiary alicyclic amines) is 1. The van der Waals surface area contributed by atoms with Gasteiger partial charge in [-0.3, -0.25) is 57.5 Å². The number of fused-ring (bicyclic) bond motifs is 1. The summed E-state index contributed by atoms with van der Waals surface area (Å²) in [6.07, 6.45) is -2.16. The first-order chi connectivity index (χ1) is 45.9. The smallest absolute Gasteiger partial charge is 0.343 e. The lowest BCUT2D eigenvalue weighted by Crippen LogP contribution is -2.65. The summed E-state index contributed by atoms with van der Waals surface area (Å²) in [6, 6.07) is 1.24. The molecule has 6 rings (SSSR count). The third kappa shape index (κ3) is 19.5. The van der Waals surface area contributed by atoms with Gasteiger partial charge in [-0.2, -0.15) is 13.2 Å². The Kier molecular flexibility index (Phi) is 27.7. The van der Waals surface area contributed by atoms with Crippen LogP contribution in [0, 0.1) is 24.7 Å². The largest absolute Gasteiger partial charge is 0.417 e. The van der Waals surface area contributed by atoms with E-state index in [2.05, 4.69) is 16.0 Å². The molecule has 12 amide bonds. The number of likely N-dealkylation sites (N-methyl/N-ethyl adjacent to an activating group) is 7. The number of nitrogens with one attached hydrogen (secondary N) is 3. The van der Waals surface area contributed by atoms with Gasteiger partial charge in [0.15, 0.2) is 0 Å². The molecule has 4 fully saturated rings. The Bertz CT molecular complexity index is 3250. The highest BCUT2D eigenvalue weighted by Crippen LogP contribution is 2.37. The second-order valence-electron chi connectivity index (χ2n) is 28.1. The van der Waals surface area contributed by atoms with E-state index in [0.717, 1.165) is 37.3 Å². The molecular weight excluding hydrogens is 1290 g/mol. The third-order valence-electron chi connectivity index (χ3n) is 19.9. The molecule has 98 heavy (non-hydrogen) atoms. The van der Waals surface area contributed by atoms with Crippen molar-refractivity contribution in [3.8, 4) is 0 Å². The predicted octanol–water partition coefficient (Wildman–Crippen LogP) is 4.69. The van der Waals surface area contributed by atoms with Gasteiger partial charge in [0.1, 0.15) is 47.8 Å². The van der Waals surface area contributed by atoms with Crippen LogP contribution in [0.3, 0.4) is 0 Å². The minimum atomic E-state index is -4.77. The lowest BCUT2D eigenvalue weighted by Gasteiger charge is -2.41. The Morgan fingerprint density at radius 2 is 1.23 bits per heavy atom. The summed E-state index contributed by atoms with van der Waals surface area (Å²) in [5.41, 5.74) is -0.850. The van der Waals surface area contributed by atoms with Crippen LogP contribution in [0.5, 0.6) is 0 Å². The van der Waals surface area contributed by atoms with Crippen LogP contribution in [0.1, 0.15) is 141 Å². The van der Waals surface area contributed by atoms with Crippen LogP contribution in [0.25, 0.3) is 0 Å². The van der Waals surface area contributed by atoms with Crippen molar-refractivity contribution in [2.45, 2.75) is 192 Å². The molecule has 24 nitrogen and oxygen atoms in total. The number of alkyl halides is 3. The zero-order valence-electron chi connectivity index (χ0n) is 59.4. The number of amides is 12. The molecule has 3 N–H and O–H groups in total. The van der Waals surface area contributed by atoms with Crippen molar-refractivity contribution in [2.75, 3.05) is 88.6 Å². The first kappa shape index (κ1) is 79.1. The highest BCUT2D eigenvalue weighted by Gasteiger charge is 2.51. The number of benzene rings is 2. The number of rotatable bonds is 11. The molecule has 2 aromatic carbocycles. The fourth-order valence-corrected chi connectivity index (χ4v) is 13.9. The fraction of sp³-hybridized carbons (Fsp3) is 0.657. The summed E-state index contributed by atoms with van der Waals surface area (Å²) < 4.78 is 41.5. The zero-order chi connectivity index (χ0) is 73.0. The lowest BCUT2D eigenvalue weighted by molar-refractivity contribution is -0.156. The van der Waals surface area contributed by atoms with E-state index in [9.17, 15) is 56.3 Å². The maximum Gasteiger partial charge on any atom is 0.417 e. The van der Waals surface area contributed by atoms with Crippen LogP contribution in [0.4, 0.5) is 13.2 Å². The molecule has 3 heterocycles. The molecule has 1 saturated carbocycles. The molecule has 0 radical (unpaired) electrons. The molecule has 542 valence electrons. The normalized spacial score (nSPS) is 24.9. The number of hydrogen-bond donors (Lipinski definition) is 3. The van der Waals surface area contributed by atoms with E-state index in [0.29, 0.717) is 57.2 Å². The van der Waals surface area contributed by atoms with Gasteiger partial charge in [0, 0.05) is 75.4 Å². The third-order valence-corrected chi connectivity index (χ3v) is 20.2. The van der Waals surface area contributed by atoms with Crippen molar-refractivity contribution in [1.82, 2.24) is 60.0 Å². The summed E-state index contributed by atoms with van der Waals surface area (Å²) in [5.74, 6) is -9.54. The first-order valence-electron chi connectivity index (χ1n) is 34.1. The van der Waals surface area contributed by atoms with Gasteiger partial charge in [0.25, 0.3) is 0 Å². The van der Waals surface area contributed by atoms with Gasteiger partial charge in [-0.05, 0) is 106 Å². The zero-order valence-corrected chi connectivity index (χ0v) is 60.1. The van der Waals surface area contributed by atoms with Crippen molar-refractivity contribution in [1.29, 1.82) is 0 Å².